The van der Waals surface area contributed by atoms with E-state index in [9.17, 15) is 9.90 Å². The van der Waals surface area contributed by atoms with Crippen LogP contribution in [0.15, 0.2) is 53.4 Å². The van der Waals surface area contributed by atoms with E-state index in [0.29, 0.717) is 11.3 Å². The molecule has 2 aromatic carbocycles. The Morgan fingerprint density at radius 3 is 2.32 bits per heavy atom. The third-order valence-electron chi connectivity index (χ3n) is 5.20. The van der Waals surface area contributed by atoms with Crippen LogP contribution in [0.3, 0.4) is 0 Å². The lowest BCUT2D eigenvalue weighted by Gasteiger charge is -2.38. The quantitative estimate of drug-likeness (QED) is 0.698. The van der Waals surface area contributed by atoms with Crippen LogP contribution in [0.2, 0.25) is 0 Å². The predicted octanol–water partition coefficient (Wildman–Crippen LogP) is 3.42. The van der Waals surface area contributed by atoms with Gasteiger partial charge in [-0.05, 0) is 61.2 Å². The molecule has 0 radical (unpaired) electrons. The number of hydrogen-bond donors (Lipinski definition) is 2. The van der Waals surface area contributed by atoms with Crippen LogP contribution >= 0.6 is 11.8 Å². The molecular weight excluding hydrogens is 372 g/mol. The van der Waals surface area contributed by atoms with E-state index in [1.165, 1.54) is 5.56 Å². The van der Waals surface area contributed by atoms with E-state index in [-0.39, 0.29) is 5.56 Å². The smallest absolute Gasteiger partial charge is 0.335 e. The Kier molecular flexibility index (Phi) is 6.74. The average molecular weight is 397 g/mol. The Morgan fingerprint density at radius 2 is 1.75 bits per heavy atom. The molecule has 0 aliphatic carbocycles. The summed E-state index contributed by atoms with van der Waals surface area (Å²) in [6.07, 6.45) is 2.41. The van der Waals surface area contributed by atoms with Crippen LogP contribution in [0.5, 0.6) is 0 Å². The van der Waals surface area contributed by atoms with Crippen LogP contribution < -0.4 is 0 Å². The van der Waals surface area contributed by atoms with Crippen LogP contribution in [-0.4, -0.2) is 52.1 Å². The van der Waals surface area contributed by atoms with Gasteiger partial charge in [-0.1, -0.05) is 12.1 Å². The second-order valence-corrected chi connectivity index (χ2v) is 8.29. The van der Waals surface area contributed by atoms with Crippen LogP contribution in [0, 0.1) is 11.3 Å². The van der Waals surface area contributed by atoms with Crippen molar-refractivity contribution in [3.8, 4) is 6.07 Å². The first-order chi connectivity index (χ1) is 13.5. The SMILES string of the molecule is N#Cc1ccc(CCN2CCC(O)(CSc3ccc(C(=O)O)cc3)CC2)cc1. The molecule has 1 heterocycles. The highest BCUT2D eigenvalue weighted by Crippen LogP contribution is 2.30. The van der Waals surface area contributed by atoms with Gasteiger partial charge < -0.3 is 15.1 Å². The first-order valence-corrected chi connectivity index (χ1v) is 10.4. The number of aromatic carboxylic acids is 1. The van der Waals surface area contributed by atoms with Crippen molar-refractivity contribution in [3.05, 3.63) is 65.2 Å². The fourth-order valence-electron chi connectivity index (χ4n) is 3.28. The molecule has 0 unspecified atom stereocenters. The summed E-state index contributed by atoms with van der Waals surface area (Å²) < 4.78 is 0. The van der Waals surface area contributed by atoms with E-state index in [1.807, 2.05) is 24.3 Å². The lowest BCUT2D eigenvalue weighted by atomic mass is 9.93. The maximum atomic E-state index is 10.9. The topological polar surface area (TPSA) is 84.6 Å². The minimum Gasteiger partial charge on any atom is -0.478 e. The maximum absolute atomic E-state index is 10.9. The number of hydrogen-bond acceptors (Lipinski definition) is 5. The normalized spacial score (nSPS) is 16.4. The summed E-state index contributed by atoms with van der Waals surface area (Å²) in [5.74, 6) is -0.313. The molecule has 146 valence electrons. The number of carboxylic acids is 1. The molecule has 0 bridgehead atoms. The molecule has 2 N–H and O–H groups in total. The van der Waals surface area contributed by atoms with E-state index in [1.54, 1.807) is 36.0 Å². The lowest BCUT2D eigenvalue weighted by molar-refractivity contribution is -0.000825. The molecule has 6 heteroatoms. The first-order valence-electron chi connectivity index (χ1n) is 9.37. The summed E-state index contributed by atoms with van der Waals surface area (Å²) in [6.45, 7) is 2.68. The molecule has 28 heavy (non-hydrogen) atoms. The summed E-state index contributed by atoms with van der Waals surface area (Å²) >= 11 is 1.57. The fraction of sp³-hybridized carbons (Fsp3) is 0.364. The number of likely N-dealkylation sites (tertiary alicyclic amines) is 1. The van der Waals surface area contributed by atoms with Gasteiger partial charge in [0, 0.05) is 30.3 Å². The molecule has 1 fully saturated rings. The van der Waals surface area contributed by atoms with Crippen molar-refractivity contribution >= 4 is 17.7 Å². The number of piperidine rings is 1. The summed E-state index contributed by atoms with van der Waals surface area (Å²) in [5, 5.41) is 28.7. The van der Waals surface area contributed by atoms with Gasteiger partial charge in [0.25, 0.3) is 0 Å². The Balaban J connectivity index is 1.43. The van der Waals surface area contributed by atoms with Gasteiger partial charge in [0.1, 0.15) is 0 Å². The summed E-state index contributed by atoms with van der Waals surface area (Å²) in [5.41, 5.74) is 1.50. The van der Waals surface area contributed by atoms with E-state index >= 15 is 0 Å². The average Bonchev–Trinajstić information content (AvgIpc) is 2.73. The Bertz CT molecular complexity index is 836. The van der Waals surface area contributed by atoms with Crippen LogP contribution in [0.1, 0.15) is 34.3 Å². The zero-order valence-electron chi connectivity index (χ0n) is 15.7. The van der Waals surface area contributed by atoms with Crippen molar-refractivity contribution in [2.45, 2.75) is 29.8 Å². The highest BCUT2D eigenvalue weighted by Gasteiger charge is 2.32. The Morgan fingerprint density at radius 1 is 1.11 bits per heavy atom. The number of nitrogens with zero attached hydrogens (tertiary/aromatic N) is 2. The second-order valence-electron chi connectivity index (χ2n) is 7.24. The number of carboxylic acid groups (broad SMARTS) is 1. The standard InChI is InChI=1S/C22H24N2O3S/c23-15-18-3-1-17(2-4-18)9-12-24-13-10-22(27,11-14-24)16-28-20-7-5-19(6-8-20)21(25)26/h1-8,27H,9-14,16H2,(H,25,26). The first kappa shape index (κ1) is 20.4. The van der Waals surface area contributed by atoms with Gasteiger partial charge in [0.05, 0.1) is 22.8 Å². The molecule has 1 saturated heterocycles. The predicted molar refractivity (Wildman–Crippen MR) is 110 cm³/mol. The van der Waals surface area contributed by atoms with Gasteiger partial charge in [-0.25, -0.2) is 4.79 Å². The number of nitriles is 1. The van der Waals surface area contributed by atoms with E-state index in [2.05, 4.69) is 11.0 Å². The van der Waals surface area contributed by atoms with Crippen molar-refractivity contribution < 1.29 is 15.0 Å². The van der Waals surface area contributed by atoms with Gasteiger partial charge in [-0.15, -0.1) is 11.8 Å². The van der Waals surface area contributed by atoms with Crippen LogP contribution in [0.4, 0.5) is 0 Å². The van der Waals surface area contributed by atoms with Crippen molar-refractivity contribution in [1.29, 1.82) is 5.26 Å². The molecule has 2 aromatic rings. The molecular formula is C22H24N2O3S. The Hall–Kier alpha value is -2.33. The van der Waals surface area contributed by atoms with Gasteiger partial charge in [-0.2, -0.15) is 5.26 Å². The van der Waals surface area contributed by atoms with Gasteiger partial charge in [-0.3, -0.25) is 0 Å². The number of carbonyl (C=O) groups is 1. The monoisotopic (exact) mass is 396 g/mol. The summed E-state index contributed by atoms with van der Waals surface area (Å²) in [7, 11) is 0. The second kappa shape index (κ2) is 9.24. The molecule has 0 spiro atoms. The van der Waals surface area contributed by atoms with E-state index in [0.717, 1.165) is 43.8 Å². The molecule has 3 rings (SSSR count). The molecule has 0 saturated carbocycles. The van der Waals surface area contributed by atoms with Crippen molar-refractivity contribution in [2.75, 3.05) is 25.4 Å². The molecule has 0 aromatic heterocycles. The Labute approximate surface area is 169 Å². The molecule has 1 aliphatic heterocycles. The van der Waals surface area contributed by atoms with E-state index in [4.69, 9.17) is 10.4 Å². The molecule has 0 atom stereocenters. The summed E-state index contributed by atoms with van der Waals surface area (Å²) in [4.78, 5) is 14.3. The van der Waals surface area contributed by atoms with Crippen LogP contribution in [-0.2, 0) is 6.42 Å². The maximum Gasteiger partial charge on any atom is 0.335 e. The van der Waals surface area contributed by atoms with Crippen molar-refractivity contribution in [1.82, 2.24) is 4.90 Å². The van der Waals surface area contributed by atoms with E-state index < -0.39 is 11.6 Å². The minimum absolute atomic E-state index is 0.277. The third kappa shape index (κ3) is 5.59. The number of rotatable bonds is 7. The molecule has 0 amide bonds. The third-order valence-corrected chi connectivity index (χ3v) is 6.48. The molecule has 5 nitrogen and oxygen atoms in total. The highest BCUT2D eigenvalue weighted by molar-refractivity contribution is 7.99. The molecule has 1 aliphatic rings. The van der Waals surface area contributed by atoms with Gasteiger partial charge in [0.2, 0.25) is 0 Å². The lowest BCUT2D eigenvalue weighted by Crippen LogP contribution is -2.46. The van der Waals surface area contributed by atoms with Crippen LogP contribution in [0.25, 0.3) is 0 Å². The number of thioether (sulfide) groups is 1. The number of aliphatic hydroxyl groups is 1. The highest BCUT2D eigenvalue weighted by atomic mass is 32.2. The summed E-state index contributed by atoms with van der Waals surface area (Å²) in [6, 6.07) is 16.6. The zero-order valence-corrected chi connectivity index (χ0v) is 16.5. The largest absolute Gasteiger partial charge is 0.478 e. The number of benzene rings is 2. The van der Waals surface area contributed by atoms with Crippen molar-refractivity contribution in [3.63, 3.8) is 0 Å². The fourth-order valence-corrected chi connectivity index (χ4v) is 4.33. The van der Waals surface area contributed by atoms with Crippen molar-refractivity contribution in [2.24, 2.45) is 0 Å². The minimum atomic E-state index is -0.927. The zero-order chi connectivity index (χ0) is 20.0. The van der Waals surface area contributed by atoms with Gasteiger partial charge in [0.15, 0.2) is 0 Å². The van der Waals surface area contributed by atoms with Gasteiger partial charge >= 0.3 is 5.97 Å².